The zero-order chi connectivity index (χ0) is 40.3. The maximum atomic E-state index is 13.7. The third kappa shape index (κ3) is 23.2. The molecule has 0 aromatic carbocycles. The van der Waals surface area contributed by atoms with Gasteiger partial charge < -0.3 is 65.1 Å². The molecule has 0 saturated heterocycles. The topological polar surface area (TPSA) is 360 Å². The molecule has 0 radical (unpaired) electrons. The second kappa shape index (κ2) is 27.6. The van der Waals surface area contributed by atoms with E-state index in [0.29, 0.717) is 50.9 Å². The first kappa shape index (κ1) is 48.0. The molecule has 6 amide bonds. The number of guanidine groups is 3. The van der Waals surface area contributed by atoms with Gasteiger partial charge in [0.1, 0.15) is 24.2 Å². The molecule has 302 valence electrons. The van der Waals surface area contributed by atoms with E-state index in [-0.39, 0.29) is 55.5 Å². The molecule has 21 nitrogen and oxygen atoms in total. The van der Waals surface area contributed by atoms with E-state index in [1.165, 1.54) is 25.7 Å². The van der Waals surface area contributed by atoms with Gasteiger partial charge in [0.05, 0.1) is 6.54 Å². The summed E-state index contributed by atoms with van der Waals surface area (Å²) in [5.74, 6) is -3.81. The summed E-state index contributed by atoms with van der Waals surface area (Å²) in [6.45, 7) is 3.69. The van der Waals surface area contributed by atoms with Crippen LogP contribution >= 0.6 is 11.8 Å². The number of amides is 6. The predicted molar refractivity (Wildman–Crippen MR) is 205 cm³/mol. The van der Waals surface area contributed by atoms with Crippen LogP contribution in [0.1, 0.15) is 65.2 Å². The van der Waals surface area contributed by atoms with Gasteiger partial charge in [-0.3, -0.25) is 45.0 Å². The molecule has 0 saturated carbocycles. The van der Waals surface area contributed by atoms with Crippen LogP contribution in [-0.4, -0.2) is 123 Å². The van der Waals surface area contributed by atoms with E-state index >= 15 is 0 Å². The summed E-state index contributed by atoms with van der Waals surface area (Å²) in [5, 5.41) is 45.5. The monoisotopic (exact) mass is 771 g/mol. The van der Waals surface area contributed by atoms with Gasteiger partial charge in [-0.15, -0.1) is 0 Å². The smallest absolute Gasteiger partial charge is 0.243 e. The van der Waals surface area contributed by atoms with Crippen LogP contribution in [0.5, 0.6) is 0 Å². The normalized spacial score (nSPS) is 13.4. The van der Waals surface area contributed by atoms with Gasteiger partial charge in [0.25, 0.3) is 0 Å². The van der Waals surface area contributed by atoms with E-state index in [0.717, 1.165) is 0 Å². The molecule has 0 heterocycles. The summed E-state index contributed by atoms with van der Waals surface area (Å²) < 4.78 is 0. The molecule has 0 aromatic heterocycles. The molecular formula is C31H61N15O6S. The second-order valence-corrected chi connectivity index (χ2v) is 13.2. The molecule has 0 bridgehead atoms. The van der Waals surface area contributed by atoms with Crippen molar-refractivity contribution in [2.75, 3.05) is 45.2 Å². The molecule has 0 spiro atoms. The van der Waals surface area contributed by atoms with Crippen molar-refractivity contribution >= 4 is 65.1 Å². The zero-order valence-corrected chi connectivity index (χ0v) is 32.0. The maximum Gasteiger partial charge on any atom is 0.243 e. The Labute approximate surface area is 315 Å². The Balaban J connectivity index is 5.82. The first-order valence-corrected chi connectivity index (χ1v) is 18.8. The average molecular weight is 772 g/mol. The third-order valence-corrected chi connectivity index (χ3v) is 8.49. The molecule has 1 unspecified atom stereocenters. The number of hydrogen-bond acceptors (Lipinski definition) is 10. The third-order valence-electron chi connectivity index (χ3n) is 7.66. The lowest BCUT2D eigenvalue weighted by Crippen LogP contribution is -2.57. The number of carbonyl (C=O) groups excluding carboxylic acids is 6. The minimum atomic E-state index is -1.15. The Morgan fingerprint density at radius 1 is 0.566 bits per heavy atom. The first-order chi connectivity index (χ1) is 25.0. The van der Waals surface area contributed by atoms with E-state index in [4.69, 9.17) is 33.4 Å². The van der Waals surface area contributed by atoms with Crippen molar-refractivity contribution in [1.29, 1.82) is 16.2 Å². The molecule has 0 aliphatic heterocycles. The number of thioether (sulfide) groups is 1. The molecule has 22 heteroatoms. The van der Waals surface area contributed by atoms with Crippen molar-refractivity contribution in [1.82, 2.24) is 47.9 Å². The summed E-state index contributed by atoms with van der Waals surface area (Å²) in [5.41, 5.74) is 16.0. The lowest BCUT2D eigenvalue weighted by Gasteiger charge is -2.25. The van der Waals surface area contributed by atoms with Crippen molar-refractivity contribution in [3.8, 4) is 0 Å². The number of rotatable bonds is 27. The van der Waals surface area contributed by atoms with Crippen molar-refractivity contribution in [3.63, 3.8) is 0 Å². The average Bonchev–Trinajstić information content (AvgIpc) is 3.09. The van der Waals surface area contributed by atoms with Gasteiger partial charge in [0.15, 0.2) is 17.9 Å². The largest absolute Gasteiger partial charge is 0.370 e. The van der Waals surface area contributed by atoms with Crippen LogP contribution in [0, 0.1) is 22.1 Å². The van der Waals surface area contributed by atoms with E-state index in [1.807, 2.05) is 6.26 Å². The van der Waals surface area contributed by atoms with Crippen molar-refractivity contribution in [2.45, 2.75) is 89.4 Å². The number of likely N-dealkylation sites (N-methyl/N-ethyl adjacent to an activating group) is 1. The van der Waals surface area contributed by atoms with E-state index in [1.54, 1.807) is 6.92 Å². The molecule has 18 N–H and O–H groups in total. The Hall–Kier alpha value is -5.02. The van der Waals surface area contributed by atoms with Crippen LogP contribution < -0.4 is 65.1 Å². The quantitative estimate of drug-likeness (QED) is 0.0218. The lowest BCUT2D eigenvalue weighted by atomic mass is 10.0. The van der Waals surface area contributed by atoms with Gasteiger partial charge in [0, 0.05) is 38.4 Å². The predicted octanol–water partition coefficient (Wildman–Crippen LogP) is -3.62. The van der Waals surface area contributed by atoms with Crippen LogP contribution in [0.4, 0.5) is 0 Å². The van der Waals surface area contributed by atoms with Gasteiger partial charge in [0.2, 0.25) is 35.4 Å². The van der Waals surface area contributed by atoms with Gasteiger partial charge >= 0.3 is 0 Å². The SMILES string of the molecule is CNC(=O)[C@@H](CCCCNC(=N)N)NC(=O)[C@@H](CCCNC(=N)N)NC(=O)[C@@H](CCCCNC(=N)N)NC(=O)CNC(=O)[C@H](C)NC(=O)C(C)CSC. The van der Waals surface area contributed by atoms with Crippen molar-refractivity contribution in [3.05, 3.63) is 0 Å². The van der Waals surface area contributed by atoms with Crippen molar-refractivity contribution < 1.29 is 28.8 Å². The number of unbranched alkanes of at least 4 members (excludes halogenated alkanes) is 2. The Bertz CT molecular complexity index is 1240. The van der Waals surface area contributed by atoms with Crippen LogP contribution in [-0.2, 0) is 28.8 Å². The van der Waals surface area contributed by atoms with E-state index in [9.17, 15) is 28.8 Å². The molecule has 0 fully saturated rings. The van der Waals surface area contributed by atoms with Gasteiger partial charge in [-0.25, -0.2) is 0 Å². The van der Waals surface area contributed by atoms with Crippen LogP contribution in [0.25, 0.3) is 0 Å². The molecule has 0 aliphatic carbocycles. The molecular weight excluding hydrogens is 711 g/mol. The molecule has 0 aromatic rings. The van der Waals surface area contributed by atoms with Crippen LogP contribution in [0.2, 0.25) is 0 Å². The summed E-state index contributed by atoms with van der Waals surface area (Å²) in [4.78, 5) is 77.8. The van der Waals surface area contributed by atoms with E-state index in [2.05, 4.69) is 47.9 Å². The van der Waals surface area contributed by atoms with Crippen LogP contribution in [0.3, 0.4) is 0 Å². The molecule has 0 rings (SSSR count). The summed E-state index contributed by atoms with van der Waals surface area (Å²) in [6.07, 6.45) is 4.58. The highest BCUT2D eigenvalue weighted by molar-refractivity contribution is 7.98. The minimum absolute atomic E-state index is 0.0826. The van der Waals surface area contributed by atoms with Crippen LogP contribution in [0.15, 0.2) is 0 Å². The highest BCUT2D eigenvalue weighted by atomic mass is 32.2. The highest BCUT2D eigenvalue weighted by Gasteiger charge is 2.29. The number of nitrogens with one attached hydrogen (secondary N) is 12. The Morgan fingerprint density at radius 3 is 1.45 bits per heavy atom. The Kier molecular flexibility index (Phi) is 25.0. The summed E-state index contributed by atoms with van der Waals surface area (Å²) >= 11 is 1.50. The van der Waals surface area contributed by atoms with Gasteiger partial charge in [-0.2, -0.15) is 11.8 Å². The fourth-order valence-electron chi connectivity index (χ4n) is 4.76. The molecule has 53 heavy (non-hydrogen) atoms. The molecule has 0 aliphatic rings. The van der Waals surface area contributed by atoms with E-state index < -0.39 is 60.2 Å². The fraction of sp³-hybridized carbons (Fsp3) is 0.710. The minimum Gasteiger partial charge on any atom is -0.370 e. The fourth-order valence-corrected chi connectivity index (χ4v) is 5.41. The van der Waals surface area contributed by atoms with Gasteiger partial charge in [-0.05, 0) is 64.5 Å². The Morgan fingerprint density at radius 2 is 1.00 bits per heavy atom. The van der Waals surface area contributed by atoms with Gasteiger partial charge in [-0.1, -0.05) is 6.92 Å². The maximum absolute atomic E-state index is 13.7. The lowest BCUT2D eigenvalue weighted by molar-refractivity contribution is -0.134. The summed E-state index contributed by atoms with van der Waals surface area (Å²) in [6, 6.07) is -4.15. The number of carbonyl (C=O) groups is 6. The standard InChI is InChI=1S/C31H61N15O6S/c1-18(17-53-4)24(48)43-19(2)25(49)42-16-23(47)44-21(11-6-8-14-40-30(34)35)27(51)46-22(12-9-15-41-31(36)37)28(52)45-20(26(50)38-3)10-5-7-13-39-29(32)33/h18-22H,5-17H2,1-4H3,(H,38,50)(H,42,49)(H,43,48)(H,44,47)(H,45,52)(H,46,51)(H4,32,33,39)(H4,34,35,40)(H4,36,37,41)/t18?,19-,20+,21+,22+/m0/s1. The molecule has 5 atom stereocenters. The first-order valence-electron chi connectivity index (χ1n) is 17.4. The highest BCUT2D eigenvalue weighted by Crippen LogP contribution is 2.08. The number of nitrogens with two attached hydrogens (primary N) is 3. The van der Waals surface area contributed by atoms with Crippen molar-refractivity contribution in [2.24, 2.45) is 23.1 Å². The second-order valence-electron chi connectivity index (χ2n) is 12.3. The number of hydrogen-bond donors (Lipinski definition) is 15. The zero-order valence-electron chi connectivity index (χ0n) is 31.2. The summed E-state index contributed by atoms with van der Waals surface area (Å²) in [7, 11) is 1.43.